The molecule has 0 saturated carbocycles. The summed E-state index contributed by atoms with van der Waals surface area (Å²) in [5.41, 5.74) is -0.531. The molecule has 0 atom stereocenters. The van der Waals surface area contributed by atoms with E-state index in [1.165, 1.54) is 4.90 Å². The molecule has 0 fully saturated rings. The van der Waals surface area contributed by atoms with Crippen molar-refractivity contribution < 1.29 is 19.4 Å². The number of likely N-dealkylation sites (N-methyl/N-ethyl adjacent to an activating group) is 1. The lowest BCUT2D eigenvalue weighted by atomic mass is 9.99. The van der Waals surface area contributed by atoms with Gasteiger partial charge >= 0.3 is 12.0 Å². The van der Waals surface area contributed by atoms with Gasteiger partial charge in [-0.1, -0.05) is 0 Å². The number of ether oxygens (including phenoxy) is 1. The number of methoxy groups -OCH3 is 1. The van der Waals surface area contributed by atoms with Crippen LogP contribution in [0.25, 0.3) is 0 Å². The van der Waals surface area contributed by atoms with E-state index in [4.69, 9.17) is 9.84 Å². The Bertz CT molecular complexity index is 266. The molecule has 100 valence electrons. The van der Waals surface area contributed by atoms with E-state index < -0.39 is 11.5 Å². The summed E-state index contributed by atoms with van der Waals surface area (Å²) in [7, 11) is 3.24. The second kappa shape index (κ2) is 7.11. The molecule has 0 unspecified atom stereocenters. The molecule has 0 aromatic heterocycles. The lowest BCUT2D eigenvalue weighted by Gasteiger charge is -2.28. The molecule has 0 aliphatic heterocycles. The summed E-state index contributed by atoms with van der Waals surface area (Å²) in [6, 6.07) is -0.225. The van der Waals surface area contributed by atoms with Gasteiger partial charge in [0.1, 0.15) is 0 Å². The lowest BCUT2D eigenvalue weighted by Crippen LogP contribution is -2.49. The van der Waals surface area contributed by atoms with Crippen LogP contribution in [0.2, 0.25) is 0 Å². The molecule has 0 spiro atoms. The van der Waals surface area contributed by atoms with E-state index in [1.54, 1.807) is 28.0 Å². The Morgan fingerprint density at radius 3 is 2.47 bits per heavy atom. The Morgan fingerprint density at radius 1 is 1.41 bits per heavy atom. The van der Waals surface area contributed by atoms with Gasteiger partial charge in [0.15, 0.2) is 0 Å². The summed E-state index contributed by atoms with van der Waals surface area (Å²) in [4.78, 5) is 23.7. The van der Waals surface area contributed by atoms with Gasteiger partial charge in [0, 0.05) is 32.7 Å². The smallest absolute Gasteiger partial charge is 0.317 e. The molecule has 0 aliphatic carbocycles. The number of urea groups is 1. The number of carboxylic acid groups (broad SMARTS) is 1. The quantitative estimate of drug-likeness (QED) is 0.700. The molecular weight excluding hydrogens is 224 g/mol. The molecule has 17 heavy (non-hydrogen) atoms. The number of hydrogen-bond acceptors (Lipinski definition) is 3. The van der Waals surface area contributed by atoms with Gasteiger partial charge in [-0.2, -0.15) is 0 Å². The molecule has 2 amide bonds. The highest BCUT2D eigenvalue weighted by molar-refractivity contribution is 5.74. The number of carbonyl (C=O) groups is 2. The predicted molar refractivity (Wildman–Crippen MR) is 64.0 cm³/mol. The minimum Gasteiger partial charge on any atom is -0.481 e. The van der Waals surface area contributed by atoms with E-state index in [1.807, 2.05) is 0 Å². The highest BCUT2D eigenvalue weighted by Gasteiger charge is 2.22. The molecule has 2 N–H and O–H groups in total. The molecule has 0 radical (unpaired) electrons. The number of nitrogens with zero attached hydrogens (tertiary/aromatic N) is 1. The molecule has 0 saturated heterocycles. The van der Waals surface area contributed by atoms with Crippen LogP contribution < -0.4 is 5.32 Å². The number of rotatable bonds is 7. The van der Waals surface area contributed by atoms with Crippen molar-refractivity contribution >= 4 is 12.0 Å². The maximum absolute atomic E-state index is 11.7. The fourth-order valence-electron chi connectivity index (χ4n) is 1.20. The average molecular weight is 246 g/mol. The van der Waals surface area contributed by atoms with Gasteiger partial charge in [-0.3, -0.25) is 4.79 Å². The van der Waals surface area contributed by atoms with Crippen LogP contribution in [0.5, 0.6) is 0 Å². The number of nitrogens with one attached hydrogen (secondary N) is 1. The van der Waals surface area contributed by atoms with Crippen molar-refractivity contribution in [3.63, 3.8) is 0 Å². The average Bonchev–Trinajstić information content (AvgIpc) is 2.22. The van der Waals surface area contributed by atoms with Gasteiger partial charge in [0.2, 0.25) is 0 Å². The first-order valence-corrected chi connectivity index (χ1v) is 5.52. The number of aliphatic carboxylic acids is 1. The van der Waals surface area contributed by atoms with Crippen LogP contribution in [0.3, 0.4) is 0 Å². The summed E-state index contributed by atoms with van der Waals surface area (Å²) >= 11 is 0. The Kier molecular flexibility index (Phi) is 6.57. The Labute approximate surface area is 102 Å². The summed E-state index contributed by atoms with van der Waals surface area (Å²) in [6.45, 7) is 4.58. The number of carbonyl (C=O) groups excluding carboxylic acids is 1. The monoisotopic (exact) mass is 246 g/mol. The number of amides is 2. The Hall–Kier alpha value is -1.30. The minimum atomic E-state index is -0.861. The topological polar surface area (TPSA) is 78.9 Å². The van der Waals surface area contributed by atoms with Crippen LogP contribution in [0, 0.1) is 0 Å². The normalized spacial score (nSPS) is 11.1. The van der Waals surface area contributed by atoms with Gasteiger partial charge in [-0.05, 0) is 20.3 Å². The van der Waals surface area contributed by atoms with Gasteiger partial charge in [-0.25, -0.2) is 4.79 Å². The third-order valence-corrected chi connectivity index (χ3v) is 2.39. The predicted octanol–water partition coefficient (Wildman–Crippen LogP) is 0.918. The van der Waals surface area contributed by atoms with E-state index in [2.05, 4.69) is 5.32 Å². The van der Waals surface area contributed by atoms with Crippen molar-refractivity contribution in [2.75, 3.05) is 27.3 Å². The molecule has 0 aromatic rings. The standard InChI is InChI=1S/C11H22N2O4/c1-11(2,6-5-9(14)15)12-10(16)13(3)7-8-17-4/h5-8H2,1-4H3,(H,12,16)(H,14,15). The Morgan fingerprint density at radius 2 is 2.00 bits per heavy atom. The summed E-state index contributed by atoms with van der Waals surface area (Å²) in [6.07, 6.45) is 0.432. The van der Waals surface area contributed by atoms with Crippen molar-refractivity contribution in [1.82, 2.24) is 10.2 Å². The highest BCUT2D eigenvalue weighted by atomic mass is 16.5. The second-order valence-electron chi connectivity index (χ2n) is 4.62. The van der Waals surface area contributed by atoms with E-state index >= 15 is 0 Å². The Balaban J connectivity index is 4.11. The minimum absolute atomic E-state index is 0.0368. The van der Waals surface area contributed by atoms with Gasteiger partial charge < -0.3 is 20.1 Å². The van der Waals surface area contributed by atoms with E-state index in [9.17, 15) is 9.59 Å². The summed E-state index contributed by atoms with van der Waals surface area (Å²) < 4.78 is 4.87. The molecule has 0 bridgehead atoms. The van der Waals surface area contributed by atoms with Gasteiger partial charge in [-0.15, -0.1) is 0 Å². The molecule has 6 nitrogen and oxygen atoms in total. The zero-order chi connectivity index (χ0) is 13.5. The first kappa shape index (κ1) is 15.7. The molecule has 0 aromatic carbocycles. The molecule has 0 rings (SSSR count). The first-order chi connectivity index (χ1) is 7.78. The SMILES string of the molecule is COCCN(C)C(=O)NC(C)(C)CCC(=O)O. The summed E-state index contributed by atoms with van der Waals surface area (Å²) in [5, 5.41) is 11.4. The largest absolute Gasteiger partial charge is 0.481 e. The number of carboxylic acids is 1. The van der Waals surface area contributed by atoms with Crippen molar-refractivity contribution in [2.45, 2.75) is 32.2 Å². The fraction of sp³-hybridized carbons (Fsp3) is 0.818. The third-order valence-electron chi connectivity index (χ3n) is 2.39. The van der Waals surface area contributed by atoms with Crippen LogP contribution in [-0.4, -0.2) is 54.9 Å². The van der Waals surface area contributed by atoms with Crippen LogP contribution in [0.1, 0.15) is 26.7 Å². The lowest BCUT2D eigenvalue weighted by molar-refractivity contribution is -0.137. The zero-order valence-electron chi connectivity index (χ0n) is 10.9. The van der Waals surface area contributed by atoms with Crippen LogP contribution in [0.4, 0.5) is 4.79 Å². The van der Waals surface area contributed by atoms with E-state index in [0.717, 1.165) is 0 Å². The van der Waals surface area contributed by atoms with Crippen molar-refractivity contribution in [1.29, 1.82) is 0 Å². The molecule has 6 heteroatoms. The van der Waals surface area contributed by atoms with Crippen LogP contribution in [0.15, 0.2) is 0 Å². The summed E-state index contributed by atoms with van der Waals surface area (Å²) in [5.74, 6) is -0.861. The molecular formula is C11H22N2O4. The van der Waals surface area contributed by atoms with Gasteiger partial charge in [0.25, 0.3) is 0 Å². The van der Waals surface area contributed by atoms with Gasteiger partial charge in [0.05, 0.1) is 6.61 Å². The molecule has 0 aliphatic rings. The second-order valence-corrected chi connectivity index (χ2v) is 4.62. The third kappa shape index (κ3) is 7.57. The van der Waals surface area contributed by atoms with E-state index in [-0.39, 0.29) is 12.5 Å². The fourth-order valence-corrected chi connectivity index (χ4v) is 1.20. The zero-order valence-corrected chi connectivity index (χ0v) is 10.9. The van der Waals surface area contributed by atoms with E-state index in [0.29, 0.717) is 19.6 Å². The molecule has 0 heterocycles. The maximum atomic E-state index is 11.7. The van der Waals surface area contributed by atoms with Crippen molar-refractivity contribution in [3.8, 4) is 0 Å². The van der Waals surface area contributed by atoms with Crippen LogP contribution in [-0.2, 0) is 9.53 Å². The van der Waals surface area contributed by atoms with Crippen molar-refractivity contribution in [2.24, 2.45) is 0 Å². The van der Waals surface area contributed by atoms with Crippen LogP contribution >= 0.6 is 0 Å². The number of hydrogen-bond donors (Lipinski definition) is 2. The maximum Gasteiger partial charge on any atom is 0.317 e. The first-order valence-electron chi connectivity index (χ1n) is 5.52. The van der Waals surface area contributed by atoms with Crippen molar-refractivity contribution in [3.05, 3.63) is 0 Å². The highest BCUT2D eigenvalue weighted by Crippen LogP contribution is 2.11.